The Morgan fingerprint density at radius 3 is 1.83 bits per heavy atom. The number of carbonyl (C=O) groups excluding carboxylic acids is 2. The van der Waals surface area contributed by atoms with E-state index in [1.54, 1.807) is 18.5 Å². The van der Waals surface area contributed by atoms with Gasteiger partial charge < -0.3 is 15.7 Å². The Morgan fingerprint density at radius 1 is 0.766 bits per heavy atom. The maximum atomic E-state index is 13.2. The van der Waals surface area contributed by atoms with Gasteiger partial charge in [0.1, 0.15) is 12.1 Å². The number of benzene rings is 3. The van der Waals surface area contributed by atoms with Gasteiger partial charge in [-0.3, -0.25) is 14.4 Å². The van der Waals surface area contributed by atoms with Crippen LogP contribution in [-0.4, -0.2) is 44.9 Å². The quantitative estimate of drug-likeness (QED) is 0.138. The predicted molar refractivity (Wildman–Crippen MR) is 189 cm³/mol. The fraction of sp³-hybridized carbons (Fsp3) is 0.216. The third-order valence-electron chi connectivity index (χ3n) is 7.62. The zero-order valence-corrected chi connectivity index (χ0v) is 28.9. The number of nitrogens with zero attached hydrogens (tertiary/aromatic N) is 2. The monoisotopic (exact) mass is 710 g/mol. The van der Waals surface area contributed by atoms with Gasteiger partial charge in [-0.05, 0) is 58.9 Å². The van der Waals surface area contributed by atoms with Crippen LogP contribution in [0.5, 0.6) is 0 Å². The summed E-state index contributed by atoms with van der Waals surface area (Å²) >= 11 is 4.85. The van der Waals surface area contributed by atoms with E-state index in [1.807, 2.05) is 42.5 Å². The van der Waals surface area contributed by atoms with Crippen LogP contribution in [0.4, 0.5) is 0 Å². The van der Waals surface area contributed by atoms with Crippen molar-refractivity contribution >= 4 is 45.1 Å². The Kier molecular flexibility index (Phi) is 10.3. The lowest BCUT2D eigenvalue weighted by molar-refractivity contribution is -0.141. The van der Waals surface area contributed by atoms with Crippen LogP contribution in [0.25, 0.3) is 33.6 Å². The van der Waals surface area contributed by atoms with E-state index in [-0.39, 0.29) is 17.7 Å². The molecule has 0 radical (unpaired) electrons. The highest BCUT2D eigenvalue weighted by Gasteiger charge is 2.26. The van der Waals surface area contributed by atoms with E-state index in [4.69, 9.17) is 0 Å². The van der Waals surface area contributed by atoms with E-state index in [9.17, 15) is 19.5 Å². The third-order valence-corrected chi connectivity index (χ3v) is 9.66. The Balaban J connectivity index is 1.28. The number of hydrogen-bond acceptors (Lipinski definition) is 6. The van der Waals surface area contributed by atoms with Crippen LogP contribution in [0.1, 0.15) is 47.8 Å². The predicted octanol–water partition coefficient (Wildman–Crippen LogP) is 7.53. The highest BCUT2D eigenvalue weighted by Crippen LogP contribution is 2.30. The summed E-state index contributed by atoms with van der Waals surface area (Å²) in [5.41, 5.74) is 5.62. The molecule has 240 valence electrons. The number of carbonyl (C=O) groups is 3. The molecule has 0 spiro atoms. The second-order valence-corrected chi connectivity index (χ2v) is 14.3. The zero-order chi connectivity index (χ0) is 33.7. The molecule has 2 heterocycles. The van der Waals surface area contributed by atoms with Gasteiger partial charge in [0.05, 0.1) is 4.88 Å². The molecule has 2 atom stereocenters. The van der Waals surface area contributed by atoms with Gasteiger partial charge in [0.15, 0.2) is 5.82 Å². The van der Waals surface area contributed by atoms with E-state index in [0.717, 1.165) is 42.7 Å². The molecule has 0 aliphatic carbocycles. The summed E-state index contributed by atoms with van der Waals surface area (Å²) in [7, 11) is 0. The molecule has 0 fully saturated rings. The van der Waals surface area contributed by atoms with Gasteiger partial charge in [-0.2, -0.15) is 0 Å². The Bertz CT molecular complexity index is 1860. The molecule has 0 unspecified atom stereocenters. The Morgan fingerprint density at radius 2 is 1.30 bits per heavy atom. The topological polar surface area (TPSA) is 121 Å². The number of hydrogen-bond donors (Lipinski definition) is 3. The first-order valence-corrected chi connectivity index (χ1v) is 16.7. The SMILES string of the molecule is C[C@@H](NC(=O)[C@H](Cc1ccc(-c2ncc(-c3ccc(-c4ccc(Br)cc4)cc3)cn2)cc1)NC(=O)c1ccc(C(C)(C)C)s1)C(=O)O. The third kappa shape index (κ3) is 8.58. The molecule has 0 aliphatic heterocycles. The Hall–Kier alpha value is -4.67. The van der Waals surface area contributed by atoms with Crippen LogP contribution in [0.3, 0.4) is 0 Å². The average Bonchev–Trinajstić information content (AvgIpc) is 3.57. The zero-order valence-electron chi connectivity index (χ0n) is 26.5. The van der Waals surface area contributed by atoms with E-state index >= 15 is 0 Å². The number of carboxylic acids is 1. The molecule has 0 saturated carbocycles. The lowest BCUT2D eigenvalue weighted by atomic mass is 9.95. The first-order valence-electron chi connectivity index (χ1n) is 15.1. The van der Waals surface area contributed by atoms with Crippen molar-refractivity contribution in [3.05, 3.63) is 117 Å². The van der Waals surface area contributed by atoms with Crippen LogP contribution in [0.2, 0.25) is 0 Å². The summed E-state index contributed by atoms with van der Waals surface area (Å²) in [4.78, 5) is 48.4. The van der Waals surface area contributed by atoms with Crippen molar-refractivity contribution in [2.24, 2.45) is 0 Å². The van der Waals surface area contributed by atoms with E-state index in [2.05, 4.69) is 93.7 Å². The number of aromatic nitrogens is 2. The molecule has 0 bridgehead atoms. The van der Waals surface area contributed by atoms with Crippen LogP contribution in [0.15, 0.2) is 102 Å². The van der Waals surface area contributed by atoms with Gasteiger partial charge in [-0.15, -0.1) is 11.3 Å². The minimum atomic E-state index is -1.16. The first-order chi connectivity index (χ1) is 22.4. The maximum absolute atomic E-state index is 13.2. The summed E-state index contributed by atoms with van der Waals surface area (Å²) in [5, 5.41) is 14.6. The molecular weight excluding hydrogens is 676 g/mol. The minimum Gasteiger partial charge on any atom is -0.480 e. The van der Waals surface area contributed by atoms with Gasteiger partial charge in [-0.1, -0.05) is 97.4 Å². The molecule has 2 aromatic heterocycles. The van der Waals surface area contributed by atoms with Crippen molar-refractivity contribution < 1.29 is 19.5 Å². The normalized spacial score (nSPS) is 12.6. The van der Waals surface area contributed by atoms with Gasteiger partial charge in [0.25, 0.3) is 5.91 Å². The number of rotatable bonds is 10. The second kappa shape index (κ2) is 14.4. The largest absolute Gasteiger partial charge is 0.480 e. The van der Waals surface area contributed by atoms with Crippen molar-refractivity contribution in [1.29, 1.82) is 0 Å². The number of aliphatic carboxylic acids is 1. The van der Waals surface area contributed by atoms with E-state index < -0.39 is 24.0 Å². The van der Waals surface area contributed by atoms with E-state index in [1.165, 1.54) is 18.3 Å². The average molecular weight is 712 g/mol. The van der Waals surface area contributed by atoms with Crippen molar-refractivity contribution in [3.8, 4) is 33.6 Å². The van der Waals surface area contributed by atoms with Crippen LogP contribution >= 0.6 is 27.3 Å². The molecule has 2 amide bonds. The molecule has 47 heavy (non-hydrogen) atoms. The van der Waals surface area contributed by atoms with Gasteiger partial charge in [-0.25, -0.2) is 9.97 Å². The molecule has 5 rings (SSSR count). The lowest BCUT2D eigenvalue weighted by Crippen LogP contribution is -2.51. The van der Waals surface area contributed by atoms with Crippen molar-refractivity contribution in [3.63, 3.8) is 0 Å². The summed E-state index contributed by atoms with van der Waals surface area (Å²) in [6.45, 7) is 7.58. The van der Waals surface area contributed by atoms with Crippen LogP contribution in [0, 0.1) is 0 Å². The van der Waals surface area contributed by atoms with Crippen molar-refractivity contribution in [2.45, 2.75) is 51.6 Å². The van der Waals surface area contributed by atoms with Gasteiger partial charge in [0, 0.05) is 39.3 Å². The molecule has 3 aromatic carbocycles. The van der Waals surface area contributed by atoms with Crippen LogP contribution < -0.4 is 10.6 Å². The summed E-state index contributed by atoms with van der Waals surface area (Å²) in [6.07, 6.45) is 3.75. The fourth-order valence-corrected chi connectivity index (χ4v) is 6.06. The summed E-state index contributed by atoms with van der Waals surface area (Å²) < 4.78 is 1.04. The Labute approximate surface area is 286 Å². The highest BCUT2D eigenvalue weighted by atomic mass is 79.9. The van der Waals surface area contributed by atoms with Crippen molar-refractivity contribution in [2.75, 3.05) is 0 Å². The molecule has 0 aliphatic rings. The molecule has 8 nitrogen and oxygen atoms in total. The number of halogens is 1. The maximum Gasteiger partial charge on any atom is 0.325 e. The molecule has 0 saturated heterocycles. The molecule has 5 aromatic rings. The van der Waals surface area contributed by atoms with Gasteiger partial charge >= 0.3 is 5.97 Å². The smallest absolute Gasteiger partial charge is 0.325 e. The summed E-state index contributed by atoms with van der Waals surface area (Å²) in [5.74, 6) is -1.57. The number of thiophene rings is 1. The number of amides is 2. The number of nitrogens with one attached hydrogen (secondary N) is 2. The van der Waals surface area contributed by atoms with E-state index in [0.29, 0.717) is 10.7 Å². The number of carboxylic acid groups (broad SMARTS) is 1. The first kappa shape index (κ1) is 33.7. The summed E-state index contributed by atoms with van der Waals surface area (Å²) in [6, 6.07) is 25.4. The van der Waals surface area contributed by atoms with Crippen LogP contribution in [-0.2, 0) is 21.4 Å². The molecule has 3 N–H and O–H groups in total. The standard InChI is InChI=1S/C37H35BrN4O4S/c1-22(36(45)46)41-34(43)30(42-35(44)31-17-18-32(47-31)37(2,3)4)19-23-5-7-27(8-6-23)33-39-20-28(21-40-33)26-11-9-24(10-12-26)25-13-15-29(38)16-14-25/h5-18,20-22,30H,19H2,1-4H3,(H,41,43)(H,42,44)(H,45,46)/t22-,30+/m1/s1. The fourth-order valence-electron chi connectivity index (χ4n) is 4.83. The second-order valence-electron chi connectivity index (χ2n) is 12.3. The van der Waals surface area contributed by atoms with Crippen molar-refractivity contribution in [1.82, 2.24) is 20.6 Å². The lowest BCUT2D eigenvalue weighted by Gasteiger charge is -2.20. The molecular formula is C37H35BrN4O4S. The van der Waals surface area contributed by atoms with Gasteiger partial charge in [0.2, 0.25) is 5.91 Å². The molecule has 10 heteroatoms. The minimum absolute atomic E-state index is 0.116. The highest BCUT2D eigenvalue weighted by molar-refractivity contribution is 9.10.